The SMILES string of the molecule is CCC(Oc1c(F)cccc1CCN)C(N)=O. The Bertz CT molecular complexity index is 396. The Morgan fingerprint density at radius 2 is 2.24 bits per heavy atom. The number of primary amides is 1. The van der Waals surface area contributed by atoms with Crippen LogP contribution in [0.4, 0.5) is 4.39 Å². The summed E-state index contributed by atoms with van der Waals surface area (Å²) in [7, 11) is 0. The lowest BCUT2D eigenvalue weighted by Gasteiger charge is -2.17. The summed E-state index contributed by atoms with van der Waals surface area (Å²) >= 11 is 0. The minimum atomic E-state index is -0.816. The van der Waals surface area contributed by atoms with Gasteiger partial charge in [0.25, 0.3) is 5.91 Å². The minimum absolute atomic E-state index is 0.0728. The van der Waals surface area contributed by atoms with Gasteiger partial charge >= 0.3 is 0 Å². The van der Waals surface area contributed by atoms with Crippen LogP contribution < -0.4 is 16.2 Å². The third-order valence-electron chi connectivity index (χ3n) is 2.41. The molecule has 0 heterocycles. The van der Waals surface area contributed by atoms with Crippen LogP contribution in [0.2, 0.25) is 0 Å². The zero-order valence-corrected chi connectivity index (χ0v) is 9.78. The average Bonchev–Trinajstić information content (AvgIpc) is 2.28. The molecule has 1 unspecified atom stereocenters. The third-order valence-corrected chi connectivity index (χ3v) is 2.41. The quantitative estimate of drug-likeness (QED) is 0.777. The summed E-state index contributed by atoms with van der Waals surface area (Å²) in [5.41, 5.74) is 11.2. The van der Waals surface area contributed by atoms with Crippen molar-refractivity contribution < 1.29 is 13.9 Å². The highest BCUT2D eigenvalue weighted by atomic mass is 19.1. The molecule has 1 aromatic carbocycles. The van der Waals surface area contributed by atoms with Crippen LogP contribution >= 0.6 is 0 Å². The summed E-state index contributed by atoms with van der Waals surface area (Å²) in [5, 5.41) is 0. The second kappa shape index (κ2) is 6.20. The van der Waals surface area contributed by atoms with Crippen LogP contribution in [0.15, 0.2) is 18.2 Å². The Labute approximate surface area is 99.7 Å². The molecule has 1 atom stereocenters. The maximum absolute atomic E-state index is 13.6. The van der Waals surface area contributed by atoms with Crippen molar-refractivity contribution in [3.8, 4) is 5.75 Å². The molecule has 1 aromatic rings. The molecule has 1 amide bonds. The first-order chi connectivity index (χ1) is 8.10. The smallest absolute Gasteiger partial charge is 0.258 e. The topological polar surface area (TPSA) is 78.3 Å². The number of nitrogens with two attached hydrogens (primary N) is 2. The molecule has 0 aliphatic rings. The summed E-state index contributed by atoms with van der Waals surface area (Å²) in [4.78, 5) is 11.1. The first kappa shape index (κ1) is 13.4. The van der Waals surface area contributed by atoms with Crippen LogP contribution in [-0.4, -0.2) is 18.6 Å². The van der Waals surface area contributed by atoms with Gasteiger partial charge in [0.05, 0.1) is 0 Å². The standard InChI is InChI=1S/C12H17FN2O2/c1-2-10(12(15)16)17-11-8(6-7-14)4-3-5-9(11)13/h3-5,10H,2,6-7,14H2,1H3,(H2,15,16). The summed E-state index contributed by atoms with van der Waals surface area (Å²) in [6.45, 7) is 2.13. The number of carbonyl (C=O) groups excluding carboxylic acids is 1. The maximum Gasteiger partial charge on any atom is 0.258 e. The van der Waals surface area contributed by atoms with E-state index < -0.39 is 17.8 Å². The Morgan fingerprint density at radius 3 is 2.76 bits per heavy atom. The summed E-state index contributed by atoms with van der Waals surface area (Å²) in [5.74, 6) is -1.03. The van der Waals surface area contributed by atoms with Gasteiger partial charge in [0.2, 0.25) is 0 Å². The van der Waals surface area contributed by atoms with Crippen LogP contribution in [0.5, 0.6) is 5.75 Å². The summed E-state index contributed by atoms with van der Waals surface area (Å²) < 4.78 is 19.0. The zero-order valence-electron chi connectivity index (χ0n) is 9.78. The van der Waals surface area contributed by atoms with Crippen LogP contribution in [-0.2, 0) is 11.2 Å². The van der Waals surface area contributed by atoms with Gasteiger partial charge in [0, 0.05) is 0 Å². The van der Waals surface area contributed by atoms with Gasteiger partial charge in [-0.3, -0.25) is 4.79 Å². The Morgan fingerprint density at radius 1 is 1.53 bits per heavy atom. The average molecular weight is 240 g/mol. The summed E-state index contributed by atoms with van der Waals surface area (Å²) in [6, 6.07) is 4.58. The molecule has 0 bridgehead atoms. The number of halogens is 1. The highest BCUT2D eigenvalue weighted by Crippen LogP contribution is 2.24. The molecule has 4 nitrogen and oxygen atoms in total. The number of carbonyl (C=O) groups is 1. The molecule has 0 saturated carbocycles. The molecule has 94 valence electrons. The maximum atomic E-state index is 13.6. The molecule has 0 aromatic heterocycles. The number of amides is 1. The van der Waals surface area contributed by atoms with Crippen molar-refractivity contribution in [2.75, 3.05) is 6.54 Å². The highest BCUT2D eigenvalue weighted by Gasteiger charge is 2.18. The Balaban J connectivity index is 2.98. The van der Waals surface area contributed by atoms with E-state index in [1.807, 2.05) is 0 Å². The number of hydrogen-bond donors (Lipinski definition) is 2. The van der Waals surface area contributed by atoms with Gasteiger partial charge in [-0.05, 0) is 31.0 Å². The van der Waals surface area contributed by atoms with Crippen LogP contribution in [0.25, 0.3) is 0 Å². The molecule has 17 heavy (non-hydrogen) atoms. The normalized spacial score (nSPS) is 12.2. The van der Waals surface area contributed by atoms with E-state index in [9.17, 15) is 9.18 Å². The van der Waals surface area contributed by atoms with Gasteiger partial charge in [-0.15, -0.1) is 0 Å². The predicted molar refractivity (Wildman–Crippen MR) is 63.1 cm³/mol. The van der Waals surface area contributed by atoms with Gasteiger partial charge in [0.1, 0.15) is 0 Å². The minimum Gasteiger partial charge on any atom is -0.477 e. The molecule has 0 radical (unpaired) electrons. The fourth-order valence-corrected chi connectivity index (χ4v) is 1.52. The Kier molecular flexibility index (Phi) is 4.90. The lowest BCUT2D eigenvalue weighted by molar-refractivity contribution is -0.124. The van der Waals surface area contributed by atoms with E-state index in [1.165, 1.54) is 6.07 Å². The number of rotatable bonds is 6. The first-order valence-corrected chi connectivity index (χ1v) is 5.53. The molecule has 1 rings (SSSR count). The largest absolute Gasteiger partial charge is 0.477 e. The van der Waals surface area contributed by atoms with E-state index >= 15 is 0 Å². The van der Waals surface area contributed by atoms with Crippen molar-refractivity contribution in [2.24, 2.45) is 11.5 Å². The highest BCUT2D eigenvalue weighted by molar-refractivity contribution is 5.79. The van der Waals surface area contributed by atoms with Gasteiger partial charge < -0.3 is 16.2 Å². The monoisotopic (exact) mass is 240 g/mol. The number of para-hydroxylation sites is 1. The molecular weight excluding hydrogens is 223 g/mol. The first-order valence-electron chi connectivity index (χ1n) is 5.53. The number of hydrogen-bond acceptors (Lipinski definition) is 3. The fourth-order valence-electron chi connectivity index (χ4n) is 1.52. The molecule has 4 N–H and O–H groups in total. The fraction of sp³-hybridized carbons (Fsp3) is 0.417. The molecule has 0 aliphatic carbocycles. The number of benzene rings is 1. The number of ether oxygens (including phenoxy) is 1. The van der Waals surface area contributed by atoms with E-state index in [-0.39, 0.29) is 5.75 Å². The molecule has 0 aliphatic heterocycles. The van der Waals surface area contributed by atoms with Crippen LogP contribution in [0, 0.1) is 5.82 Å². The second-order valence-corrected chi connectivity index (χ2v) is 3.68. The van der Waals surface area contributed by atoms with E-state index in [0.29, 0.717) is 24.9 Å². The van der Waals surface area contributed by atoms with Gasteiger partial charge in [-0.2, -0.15) is 0 Å². The van der Waals surface area contributed by atoms with Crippen molar-refractivity contribution in [1.29, 1.82) is 0 Å². The van der Waals surface area contributed by atoms with Crippen molar-refractivity contribution in [1.82, 2.24) is 0 Å². The predicted octanol–water partition coefficient (Wildman–Crippen LogP) is 0.970. The van der Waals surface area contributed by atoms with Gasteiger partial charge in [-0.25, -0.2) is 4.39 Å². The molecule has 0 saturated heterocycles. The van der Waals surface area contributed by atoms with Crippen LogP contribution in [0.3, 0.4) is 0 Å². The lowest BCUT2D eigenvalue weighted by Crippen LogP contribution is -2.33. The van der Waals surface area contributed by atoms with E-state index in [1.54, 1.807) is 19.1 Å². The molecule has 5 heteroatoms. The van der Waals surface area contributed by atoms with Crippen molar-refractivity contribution in [3.05, 3.63) is 29.6 Å². The molecule has 0 spiro atoms. The van der Waals surface area contributed by atoms with E-state index in [0.717, 1.165) is 0 Å². The van der Waals surface area contributed by atoms with Crippen molar-refractivity contribution >= 4 is 5.91 Å². The molecule has 0 fully saturated rings. The van der Waals surface area contributed by atoms with E-state index in [2.05, 4.69) is 0 Å². The lowest BCUT2D eigenvalue weighted by atomic mass is 10.1. The zero-order chi connectivity index (χ0) is 12.8. The molecular formula is C12H17FN2O2. The second-order valence-electron chi connectivity index (χ2n) is 3.68. The Hall–Kier alpha value is -1.62. The third kappa shape index (κ3) is 3.42. The van der Waals surface area contributed by atoms with Crippen molar-refractivity contribution in [3.63, 3.8) is 0 Å². The van der Waals surface area contributed by atoms with Gasteiger partial charge in [-0.1, -0.05) is 19.1 Å². The summed E-state index contributed by atoms with van der Waals surface area (Å²) in [6.07, 6.45) is 0.0667. The van der Waals surface area contributed by atoms with E-state index in [4.69, 9.17) is 16.2 Å². The van der Waals surface area contributed by atoms with Crippen LogP contribution in [0.1, 0.15) is 18.9 Å². The van der Waals surface area contributed by atoms with Gasteiger partial charge in [0.15, 0.2) is 17.7 Å². The van der Waals surface area contributed by atoms with Crippen molar-refractivity contribution in [2.45, 2.75) is 25.9 Å².